The van der Waals surface area contributed by atoms with Gasteiger partial charge in [-0.15, -0.1) is 0 Å². The Bertz CT molecular complexity index is 624. The van der Waals surface area contributed by atoms with Gasteiger partial charge in [0.25, 0.3) is 5.97 Å². The molecule has 0 aromatic heterocycles. The molecule has 2 aromatic carbocycles. The smallest absolute Gasteiger partial charge is 0.300 e. The Hall–Kier alpha value is -3.23. The Kier molecular flexibility index (Phi) is 12.3. The lowest BCUT2D eigenvalue weighted by atomic mass is 10.2. The summed E-state index contributed by atoms with van der Waals surface area (Å²) in [6, 6.07) is 15.2. The Labute approximate surface area is 160 Å². The summed E-state index contributed by atoms with van der Waals surface area (Å²) in [6.45, 7) is 1.66. The zero-order valence-corrected chi connectivity index (χ0v) is 16.1. The van der Waals surface area contributed by atoms with Crippen LogP contribution in [0.4, 0.5) is 22.7 Å². The number of benzene rings is 2. The molecule has 8 nitrogen and oxygen atoms in total. The molecule has 27 heavy (non-hydrogen) atoms. The fourth-order valence-corrected chi connectivity index (χ4v) is 1.59. The van der Waals surface area contributed by atoms with Crippen LogP contribution >= 0.6 is 0 Å². The van der Waals surface area contributed by atoms with Crippen molar-refractivity contribution in [1.29, 1.82) is 0 Å². The van der Waals surface area contributed by atoms with Gasteiger partial charge in [0.15, 0.2) is 0 Å². The first-order valence-corrected chi connectivity index (χ1v) is 8.32. The first kappa shape index (κ1) is 23.8. The second-order valence-electron chi connectivity index (χ2n) is 5.50. The lowest BCUT2D eigenvalue weighted by molar-refractivity contribution is -0.557. The predicted octanol–water partition coefficient (Wildman–Crippen LogP) is 1.18. The van der Waals surface area contributed by atoms with E-state index in [2.05, 4.69) is 5.32 Å². The molecule has 0 unspecified atom stereocenters. The van der Waals surface area contributed by atoms with E-state index in [9.17, 15) is 0 Å². The van der Waals surface area contributed by atoms with Gasteiger partial charge in [-0.05, 0) is 48.5 Å². The molecule has 0 saturated carbocycles. The third-order valence-corrected chi connectivity index (χ3v) is 2.93. The van der Waals surface area contributed by atoms with E-state index in [4.69, 9.17) is 27.1 Å². The van der Waals surface area contributed by atoms with Crippen molar-refractivity contribution in [2.24, 2.45) is 5.73 Å². The van der Waals surface area contributed by atoms with Gasteiger partial charge in [-0.25, -0.2) is 0 Å². The molecular weight excluding hydrogens is 344 g/mol. The molecule has 10 N–H and O–H groups in total. The van der Waals surface area contributed by atoms with Crippen molar-refractivity contribution in [3.63, 3.8) is 0 Å². The monoisotopic (exact) mass is 375 g/mol. The standard InChI is InChI=1S/C12H13N3.C5H13N3.C2H4O2/c13-9-1-5-11(6-2-9)15-12-7-3-10(14)4-8-12;1-7-3-4-8(2)5-6;1-2(3)4/h1-8,15H,13-14H2;3-4,7H,5-6H2,1-2H3;1H3,(H,3,4)/p+1/b;4-3-;. The maximum Gasteiger partial charge on any atom is 0.300 e. The Morgan fingerprint density at radius 2 is 1.44 bits per heavy atom. The summed E-state index contributed by atoms with van der Waals surface area (Å²) < 4.78 is 0. The summed E-state index contributed by atoms with van der Waals surface area (Å²) in [6.07, 6.45) is 3.88. The molecule has 0 amide bonds. The van der Waals surface area contributed by atoms with E-state index in [1.165, 1.54) is 0 Å². The molecule has 0 atom stereocenters. The number of quaternary nitrogens is 1. The molecule has 0 fully saturated rings. The van der Waals surface area contributed by atoms with Crippen molar-refractivity contribution in [2.45, 2.75) is 6.92 Å². The summed E-state index contributed by atoms with van der Waals surface area (Å²) in [5, 5.41) is 12.6. The fraction of sp³-hybridized carbons (Fsp3) is 0.211. The third-order valence-electron chi connectivity index (χ3n) is 2.93. The van der Waals surface area contributed by atoms with Crippen LogP contribution in [-0.2, 0) is 4.79 Å². The Morgan fingerprint density at radius 3 is 1.74 bits per heavy atom. The van der Waals surface area contributed by atoms with Gasteiger partial charge in [-0.1, -0.05) is 0 Å². The number of hydrogen-bond donors (Lipinski definition) is 6. The maximum atomic E-state index is 9.00. The highest BCUT2D eigenvalue weighted by Crippen LogP contribution is 2.18. The molecule has 0 spiro atoms. The highest BCUT2D eigenvalue weighted by molar-refractivity contribution is 5.63. The third kappa shape index (κ3) is 13.7. The molecule has 2 rings (SSSR count). The second-order valence-corrected chi connectivity index (χ2v) is 5.50. The average Bonchev–Trinajstić information content (AvgIpc) is 2.63. The number of carbonyl (C=O) groups is 1. The van der Waals surface area contributed by atoms with Gasteiger partial charge in [0.2, 0.25) is 0 Å². The minimum Gasteiger partial charge on any atom is -0.481 e. The van der Waals surface area contributed by atoms with E-state index >= 15 is 0 Å². The van der Waals surface area contributed by atoms with Crippen LogP contribution in [0.2, 0.25) is 0 Å². The normalized spacial score (nSPS) is 9.48. The lowest BCUT2D eigenvalue weighted by Crippen LogP contribution is -2.72. The minimum atomic E-state index is -0.833. The van der Waals surface area contributed by atoms with Crippen LogP contribution in [0.15, 0.2) is 60.9 Å². The molecule has 0 radical (unpaired) electrons. The SMILES string of the molecule is CC(=O)O.C[NH2+]/C=C\N(C)CN.Nc1ccc(Nc2ccc(N)cc2)cc1. The molecular formula is C19H31N6O2+. The molecule has 0 heterocycles. The topological polar surface area (TPSA) is 147 Å². The predicted molar refractivity (Wildman–Crippen MR) is 112 cm³/mol. The van der Waals surface area contributed by atoms with E-state index in [-0.39, 0.29) is 0 Å². The maximum absolute atomic E-state index is 9.00. The number of anilines is 4. The summed E-state index contributed by atoms with van der Waals surface area (Å²) in [7, 11) is 3.90. The van der Waals surface area contributed by atoms with Crippen LogP contribution < -0.4 is 27.8 Å². The van der Waals surface area contributed by atoms with Gasteiger partial charge >= 0.3 is 0 Å². The van der Waals surface area contributed by atoms with E-state index in [1.807, 2.05) is 85.2 Å². The second kappa shape index (κ2) is 14.0. The number of nitrogens with zero attached hydrogens (tertiary/aromatic N) is 1. The van der Waals surface area contributed by atoms with Crippen molar-refractivity contribution >= 4 is 28.7 Å². The number of carboxylic acid groups (broad SMARTS) is 1. The van der Waals surface area contributed by atoms with E-state index in [0.29, 0.717) is 6.67 Å². The van der Waals surface area contributed by atoms with Crippen LogP contribution in [0.3, 0.4) is 0 Å². The van der Waals surface area contributed by atoms with Crippen LogP contribution in [0, 0.1) is 0 Å². The van der Waals surface area contributed by atoms with E-state index in [0.717, 1.165) is 29.7 Å². The molecule has 0 bridgehead atoms. The molecule has 0 aliphatic carbocycles. The van der Waals surface area contributed by atoms with Crippen LogP contribution in [0.25, 0.3) is 0 Å². The van der Waals surface area contributed by atoms with Crippen LogP contribution in [-0.4, -0.2) is 36.7 Å². The van der Waals surface area contributed by atoms with Crippen molar-refractivity contribution in [3.8, 4) is 0 Å². The zero-order valence-electron chi connectivity index (χ0n) is 16.1. The van der Waals surface area contributed by atoms with Crippen molar-refractivity contribution in [1.82, 2.24) is 4.90 Å². The molecule has 0 aliphatic rings. The van der Waals surface area contributed by atoms with Gasteiger partial charge in [-0.3, -0.25) is 4.79 Å². The summed E-state index contributed by atoms with van der Waals surface area (Å²) >= 11 is 0. The molecule has 0 aliphatic heterocycles. The highest BCUT2D eigenvalue weighted by Gasteiger charge is 1.93. The fourth-order valence-electron chi connectivity index (χ4n) is 1.59. The molecule has 8 heteroatoms. The number of nitrogen functional groups attached to an aromatic ring is 2. The number of rotatable bonds is 5. The van der Waals surface area contributed by atoms with Crippen LogP contribution in [0.5, 0.6) is 0 Å². The summed E-state index contributed by atoms with van der Waals surface area (Å²) in [4.78, 5) is 10.9. The summed E-state index contributed by atoms with van der Waals surface area (Å²) in [5.74, 6) is -0.833. The van der Waals surface area contributed by atoms with Gasteiger partial charge in [0, 0.05) is 36.7 Å². The molecule has 2 aromatic rings. The Morgan fingerprint density at radius 1 is 1.07 bits per heavy atom. The largest absolute Gasteiger partial charge is 0.481 e. The van der Waals surface area contributed by atoms with Crippen molar-refractivity contribution in [3.05, 3.63) is 60.9 Å². The zero-order chi connectivity index (χ0) is 20.7. The van der Waals surface area contributed by atoms with Gasteiger partial charge in [-0.2, -0.15) is 0 Å². The van der Waals surface area contributed by atoms with Crippen LogP contribution in [0.1, 0.15) is 6.92 Å². The number of carboxylic acids is 1. The van der Waals surface area contributed by atoms with Crippen molar-refractivity contribution < 1.29 is 15.2 Å². The number of nitrogens with two attached hydrogens (primary N) is 4. The van der Waals surface area contributed by atoms with E-state index < -0.39 is 5.97 Å². The Balaban J connectivity index is 0.000000476. The van der Waals surface area contributed by atoms with Gasteiger partial charge in [0.1, 0.15) is 6.20 Å². The van der Waals surface area contributed by atoms with Gasteiger partial charge < -0.3 is 37.8 Å². The lowest BCUT2D eigenvalue weighted by Gasteiger charge is -2.06. The quantitative estimate of drug-likeness (QED) is 0.340. The van der Waals surface area contributed by atoms with E-state index in [1.54, 1.807) is 0 Å². The molecule has 148 valence electrons. The minimum absolute atomic E-state index is 0.574. The highest BCUT2D eigenvalue weighted by atomic mass is 16.4. The number of aliphatic carboxylic acids is 1. The first-order chi connectivity index (χ1) is 12.8. The van der Waals surface area contributed by atoms with Crippen molar-refractivity contribution in [2.75, 3.05) is 37.5 Å². The van der Waals surface area contributed by atoms with Gasteiger partial charge in [0.05, 0.1) is 19.9 Å². The first-order valence-electron chi connectivity index (χ1n) is 8.32. The number of hydrogen-bond acceptors (Lipinski definition) is 6. The molecule has 0 saturated heterocycles. The number of nitrogens with one attached hydrogen (secondary N) is 1. The average molecular weight is 375 g/mol. The summed E-state index contributed by atoms with van der Waals surface area (Å²) in [5.41, 5.74) is 20.0.